The Labute approximate surface area is 86.6 Å². The standard InChI is InChI=1S/C11H10N4/c1-15-5-3-8(6-15)10-9-2-4-12-11(9)14-7-13-10/h2-7H,1H3,(H,12,13,14). The normalized spacial score (nSPS) is 11.0. The van der Waals surface area contributed by atoms with Crippen LogP contribution in [-0.2, 0) is 7.05 Å². The molecule has 0 spiro atoms. The monoisotopic (exact) mass is 198 g/mol. The average molecular weight is 198 g/mol. The zero-order valence-corrected chi connectivity index (χ0v) is 8.31. The van der Waals surface area contributed by atoms with Crippen LogP contribution in [-0.4, -0.2) is 19.5 Å². The molecule has 0 amide bonds. The highest BCUT2D eigenvalue weighted by atomic mass is 14.9. The summed E-state index contributed by atoms with van der Waals surface area (Å²) in [5, 5.41) is 1.06. The van der Waals surface area contributed by atoms with E-state index in [0.29, 0.717) is 0 Å². The predicted octanol–water partition coefficient (Wildman–Crippen LogP) is 1.96. The molecule has 3 heterocycles. The van der Waals surface area contributed by atoms with Gasteiger partial charge in [-0.25, -0.2) is 9.97 Å². The van der Waals surface area contributed by atoms with Crippen molar-refractivity contribution in [2.24, 2.45) is 7.05 Å². The van der Waals surface area contributed by atoms with E-state index < -0.39 is 0 Å². The van der Waals surface area contributed by atoms with Crippen molar-refractivity contribution in [2.75, 3.05) is 0 Å². The van der Waals surface area contributed by atoms with Crippen molar-refractivity contribution in [3.8, 4) is 11.3 Å². The third kappa shape index (κ3) is 1.22. The lowest BCUT2D eigenvalue weighted by Gasteiger charge is -1.97. The second-order valence-electron chi connectivity index (χ2n) is 3.53. The molecule has 15 heavy (non-hydrogen) atoms. The molecule has 0 aromatic carbocycles. The van der Waals surface area contributed by atoms with Gasteiger partial charge in [-0.1, -0.05) is 0 Å². The maximum absolute atomic E-state index is 4.32. The van der Waals surface area contributed by atoms with Gasteiger partial charge in [0.05, 0.1) is 5.69 Å². The first-order chi connectivity index (χ1) is 7.34. The van der Waals surface area contributed by atoms with Crippen LogP contribution in [0.15, 0.2) is 37.1 Å². The largest absolute Gasteiger partial charge is 0.357 e. The molecule has 3 aromatic rings. The van der Waals surface area contributed by atoms with Gasteiger partial charge in [0, 0.05) is 36.6 Å². The Morgan fingerprint density at radius 3 is 3.00 bits per heavy atom. The number of fused-ring (bicyclic) bond motifs is 1. The van der Waals surface area contributed by atoms with E-state index in [1.807, 2.05) is 30.1 Å². The van der Waals surface area contributed by atoms with Crippen LogP contribution >= 0.6 is 0 Å². The molecule has 74 valence electrons. The molecule has 4 nitrogen and oxygen atoms in total. The smallest absolute Gasteiger partial charge is 0.141 e. The summed E-state index contributed by atoms with van der Waals surface area (Å²) in [7, 11) is 2.00. The third-order valence-electron chi connectivity index (χ3n) is 2.46. The van der Waals surface area contributed by atoms with Crippen molar-refractivity contribution >= 4 is 11.0 Å². The van der Waals surface area contributed by atoms with E-state index in [4.69, 9.17) is 0 Å². The van der Waals surface area contributed by atoms with Crippen LogP contribution in [0.5, 0.6) is 0 Å². The molecule has 0 atom stereocenters. The second kappa shape index (κ2) is 2.95. The Balaban J connectivity index is 2.30. The van der Waals surface area contributed by atoms with Crippen LogP contribution in [0, 0.1) is 0 Å². The number of nitrogens with one attached hydrogen (secondary N) is 1. The predicted molar refractivity (Wildman–Crippen MR) is 58.3 cm³/mol. The third-order valence-corrected chi connectivity index (χ3v) is 2.46. The van der Waals surface area contributed by atoms with Crippen LogP contribution in [0.1, 0.15) is 0 Å². The van der Waals surface area contributed by atoms with Crippen LogP contribution in [0.2, 0.25) is 0 Å². The summed E-state index contributed by atoms with van der Waals surface area (Å²) in [6, 6.07) is 4.05. The maximum atomic E-state index is 4.32. The van der Waals surface area contributed by atoms with E-state index in [0.717, 1.165) is 22.3 Å². The fraction of sp³-hybridized carbons (Fsp3) is 0.0909. The Kier molecular flexibility index (Phi) is 1.62. The first-order valence-electron chi connectivity index (χ1n) is 4.75. The Hall–Kier alpha value is -2.10. The molecular formula is C11H10N4. The van der Waals surface area contributed by atoms with E-state index in [1.54, 1.807) is 6.33 Å². The number of aromatic amines is 1. The van der Waals surface area contributed by atoms with Crippen molar-refractivity contribution in [1.82, 2.24) is 19.5 Å². The Bertz CT molecular complexity index is 606. The first-order valence-corrected chi connectivity index (χ1v) is 4.75. The molecule has 0 aliphatic heterocycles. The zero-order valence-electron chi connectivity index (χ0n) is 8.31. The molecule has 0 fully saturated rings. The van der Waals surface area contributed by atoms with Gasteiger partial charge in [0.1, 0.15) is 12.0 Å². The highest BCUT2D eigenvalue weighted by molar-refractivity contribution is 5.90. The lowest BCUT2D eigenvalue weighted by atomic mass is 10.2. The lowest BCUT2D eigenvalue weighted by Crippen LogP contribution is -1.86. The summed E-state index contributed by atoms with van der Waals surface area (Å²) in [5.74, 6) is 0. The summed E-state index contributed by atoms with van der Waals surface area (Å²) >= 11 is 0. The van der Waals surface area contributed by atoms with Crippen LogP contribution in [0.25, 0.3) is 22.3 Å². The Morgan fingerprint density at radius 2 is 2.20 bits per heavy atom. The molecule has 4 heteroatoms. The fourth-order valence-electron chi connectivity index (χ4n) is 1.75. The molecule has 3 aromatic heterocycles. The Morgan fingerprint density at radius 1 is 1.27 bits per heavy atom. The topological polar surface area (TPSA) is 46.5 Å². The van der Waals surface area contributed by atoms with Crippen molar-refractivity contribution in [1.29, 1.82) is 0 Å². The quantitative estimate of drug-likeness (QED) is 0.649. The van der Waals surface area contributed by atoms with Gasteiger partial charge in [-0.15, -0.1) is 0 Å². The average Bonchev–Trinajstić information content (AvgIpc) is 2.84. The molecule has 0 radical (unpaired) electrons. The van der Waals surface area contributed by atoms with Crippen molar-refractivity contribution in [3.63, 3.8) is 0 Å². The summed E-state index contributed by atoms with van der Waals surface area (Å²) in [5.41, 5.74) is 2.97. The summed E-state index contributed by atoms with van der Waals surface area (Å²) < 4.78 is 2.01. The van der Waals surface area contributed by atoms with Gasteiger partial charge in [0.2, 0.25) is 0 Å². The van der Waals surface area contributed by atoms with Gasteiger partial charge in [-0.2, -0.15) is 0 Å². The SMILES string of the molecule is Cn1ccc(-c2ncnc3[nH]ccc23)c1. The van der Waals surface area contributed by atoms with E-state index in [2.05, 4.69) is 27.2 Å². The van der Waals surface area contributed by atoms with Gasteiger partial charge in [0.25, 0.3) is 0 Å². The fourth-order valence-corrected chi connectivity index (χ4v) is 1.75. The van der Waals surface area contributed by atoms with Gasteiger partial charge >= 0.3 is 0 Å². The number of aryl methyl sites for hydroxylation is 1. The van der Waals surface area contributed by atoms with Crippen LogP contribution in [0.3, 0.4) is 0 Å². The van der Waals surface area contributed by atoms with E-state index >= 15 is 0 Å². The summed E-state index contributed by atoms with van der Waals surface area (Å²) in [6.45, 7) is 0. The van der Waals surface area contributed by atoms with E-state index in [1.165, 1.54) is 0 Å². The molecule has 0 aliphatic carbocycles. The highest BCUT2D eigenvalue weighted by Gasteiger charge is 2.07. The minimum absolute atomic E-state index is 0.879. The minimum Gasteiger partial charge on any atom is -0.357 e. The molecular weight excluding hydrogens is 188 g/mol. The second-order valence-corrected chi connectivity index (χ2v) is 3.53. The molecule has 0 saturated heterocycles. The number of hydrogen-bond acceptors (Lipinski definition) is 2. The first kappa shape index (κ1) is 8.23. The van der Waals surface area contributed by atoms with Crippen LogP contribution in [0.4, 0.5) is 0 Å². The molecule has 0 aliphatic rings. The highest BCUT2D eigenvalue weighted by Crippen LogP contribution is 2.24. The summed E-state index contributed by atoms with van der Waals surface area (Å²) in [6.07, 6.45) is 7.53. The zero-order chi connectivity index (χ0) is 10.3. The molecule has 0 bridgehead atoms. The number of H-pyrrole nitrogens is 1. The molecule has 0 unspecified atom stereocenters. The van der Waals surface area contributed by atoms with Crippen molar-refractivity contribution in [3.05, 3.63) is 37.1 Å². The number of hydrogen-bond donors (Lipinski definition) is 1. The maximum Gasteiger partial charge on any atom is 0.141 e. The van der Waals surface area contributed by atoms with Gasteiger partial charge in [-0.3, -0.25) is 0 Å². The van der Waals surface area contributed by atoms with Crippen molar-refractivity contribution in [2.45, 2.75) is 0 Å². The number of rotatable bonds is 1. The van der Waals surface area contributed by atoms with Crippen molar-refractivity contribution < 1.29 is 0 Å². The molecule has 0 saturated carbocycles. The molecule has 1 N–H and O–H groups in total. The van der Waals surface area contributed by atoms with Crippen LogP contribution < -0.4 is 0 Å². The number of nitrogens with zero attached hydrogens (tertiary/aromatic N) is 3. The van der Waals surface area contributed by atoms with Gasteiger partial charge in [0.15, 0.2) is 0 Å². The van der Waals surface area contributed by atoms with Gasteiger partial charge < -0.3 is 9.55 Å². The van der Waals surface area contributed by atoms with E-state index in [-0.39, 0.29) is 0 Å². The minimum atomic E-state index is 0.879. The summed E-state index contributed by atoms with van der Waals surface area (Å²) in [4.78, 5) is 11.6. The lowest BCUT2D eigenvalue weighted by molar-refractivity contribution is 0.928. The van der Waals surface area contributed by atoms with E-state index in [9.17, 15) is 0 Å². The van der Waals surface area contributed by atoms with Gasteiger partial charge in [-0.05, 0) is 12.1 Å². The number of aromatic nitrogens is 4. The molecule has 3 rings (SSSR count).